The number of methoxy groups -OCH3 is 1. The molecule has 0 aromatic carbocycles. The minimum Gasteiger partial charge on any atom is -0.469 e. The van der Waals surface area contributed by atoms with Gasteiger partial charge in [0, 0.05) is 39.3 Å². The molecule has 2 aliphatic rings. The quantitative estimate of drug-likeness (QED) is 0.266. The number of hydrogen-bond donors (Lipinski definition) is 1. The number of carbonyl (C=O) groups is 1. The molecule has 0 spiro atoms. The molecule has 2 saturated heterocycles. The van der Waals surface area contributed by atoms with E-state index in [9.17, 15) is 4.79 Å². The smallest absolute Gasteiger partial charge is 0.310 e. The van der Waals surface area contributed by atoms with Crippen LogP contribution in [-0.2, 0) is 9.53 Å². The Labute approximate surface area is 182 Å². The number of likely N-dealkylation sites (tertiary alicyclic amines) is 2. The number of carbonyl (C=O) groups excluding carboxylic acids is 1. The van der Waals surface area contributed by atoms with Crippen molar-refractivity contribution in [3.05, 3.63) is 0 Å². The van der Waals surface area contributed by atoms with Crippen LogP contribution >= 0.6 is 24.0 Å². The number of halogens is 1. The molecule has 1 N–H and O–H groups in total. The molecule has 27 heavy (non-hydrogen) atoms. The Balaban J connectivity index is 0.00000364. The molecule has 3 unspecified atom stereocenters. The minimum atomic E-state index is -0.104. The van der Waals surface area contributed by atoms with Crippen molar-refractivity contribution in [2.24, 2.45) is 28.7 Å². The lowest BCUT2D eigenvalue weighted by atomic mass is 9.97. The average Bonchev–Trinajstić information content (AvgIpc) is 2.99. The number of hydrogen-bond acceptors (Lipinski definition) is 4. The first-order valence-electron chi connectivity index (χ1n) is 10.3. The third kappa shape index (κ3) is 7.40. The van der Waals surface area contributed by atoms with Crippen LogP contribution in [0, 0.1) is 23.7 Å². The fourth-order valence-corrected chi connectivity index (χ4v) is 4.22. The second-order valence-corrected chi connectivity index (χ2v) is 8.37. The van der Waals surface area contributed by atoms with E-state index in [1.165, 1.54) is 33.0 Å². The Hall–Kier alpha value is -0.570. The van der Waals surface area contributed by atoms with E-state index in [1.807, 2.05) is 0 Å². The third-order valence-electron chi connectivity index (χ3n) is 5.48. The number of rotatable bonds is 6. The van der Waals surface area contributed by atoms with Gasteiger partial charge in [-0.25, -0.2) is 0 Å². The highest BCUT2D eigenvalue weighted by Crippen LogP contribution is 2.24. The highest BCUT2D eigenvalue weighted by atomic mass is 127. The van der Waals surface area contributed by atoms with Gasteiger partial charge in [0.1, 0.15) is 0 Å². The number of guanidine groups is 1. The Morgan fingerprint density at radius 2 is 2.04 bits per heavy atom. The topological polar surface area (TPSA) is 57.2 Å². The van der Waals surface area contributed by atoms with Crippen LogP contribution in [-0.4, -0.2) is 74.7 Å². The van der Waals surface area contributed by atoms with Crippen LogP contribution in [0.4, 0.5) is 0 Å². The molecule has 0 radical (unpaired) electrons. The summed E-state index contributed by atoms with van der Waals surface area (Å²) in [5.41, 5.74) is 0. The summed E-state index contributed by atoms with van der Waals surface area (Å²) in [6, 6.07) is 0. The second kappa shape index (κ2) is 12.1. The molecule has 6 nitrogen and oxygen atoms in total. The maximum absolute atomic E-state index is 12.0. The standard InChI is InChI=1S/C20H38N4O2.HI/c1-6-21-20(24-12-16(4)18(14-24)19(25)26-5)22-10-17-8-7-9-23(13-17)11-15(2)3;/h15-18H,6-14H2,1-5H3,(H,21,22);1H. The highest BCUT2D eigenvalue weighted by Gasteiger charge is 2.37. The summed E-state index contributed by atoms with van der Waals surface area (Å²) in [6.45, 7) is 15.6. The van der Waals surface area contributed by atoms with E-state index < -0.39 is 0 Å². The van der Waals surface area contributed by atoms with Gasteiger partial charge in [-0.05, 0) is 44.1 Å². The van der Waals surface area contributed by atoms with Crippen LogP contribution in [0.1, 0.15) is 40.5 Å². The highest BCUT2D eigenvalue weighted by molar-refractivity contribution is 14.0. The molecule has 2 rings (SSSR count). The third-order valence-corrected chi connectivity index (χ3v) is 5.48. The molecule has 7 heteroatoms. The zero-order valence-corrected chi connectivity index (χ0v) is 20.1. The van der Waals surface area contributed by atoms with Gasteiger partial charge in [0.05, 0.1) is 13.0 Å². The van der Waals surface area contributed by atoms with Crippen LogP contribution in [0.25, 0.3) is 0 Å². The largest absolute Gasteiger partial charge is 0.469 e. The van der Waals surface area contributed by atoms with E-state index in [2.05, 4.69) is 42.8 Å². The van der Waals surface area contributed by atoms with Gasteiger partial charge in [-0.3, -0.25) is 9.79 Å². The van der Waals surface area contributed by atoms with Gasteiger partial charge in [-0.1, -0.05) is 20.8 Å². The lowest BCUT2D eigenvalue weighted by Gasteiger charge is -2.33. The van der Waals surface area contributed by atoms with E-state index in [4.69, 9.17) is 9.73 Å². The number of nitrogens with one attached hydrogen (secondary N) is 1. The summed E-state index contributed by atoms with van der Waals surface area (Å²) in [5, 5.41) is 3.42. The minimum absolute atomic E-state index is 0. The van der Waals surface area contributed by atoms with Crippen molar-refractivity contribution in [2.45, 2.75) is 40.5 Å². The van der Waals surface area contributed by atoms with Gasteiger partial charge in [0.25, 0.3) is 0 Å². The SMILES string of the molecule is CCNC(=NCC1CCCN(CC(C)C)C1)N1CC(C)C(C(=O)OC)C1.I. The molecule has 0 aromatic heterocycles. The first kappa shape index (κ1) is 24.5. The van der Waals surface area contributed by atoms with Gasteiger partial charge in [-0.2, -0.15) is 0 Å². The van der Waals surface area contributed by atoms with Crippen molar-refractivity contribution in [1.29, 1.82) is 0 Å². The van der Waals surface area contributed by atoms with E-state index in [0.29, 0.717) is 18.4 Å². The van der Waals surface area contributed by atoms with Gasteiger partial charge >= 0.3 is 5.97 Å². The molecule has 158 valence electrons. The van der Waals surface area contributed by atoms with Crippen molar-refractivity contribution in [3.8, 4) is 0 Å². The van der Waals surface area contributed by atoms with Gasteiger partial charge in [0.2, 0.25) is 0 Å². The zero-order valence-electron chi connectivity index (χ0n) is 17.7. The summed E-state index contributed by atoms with van der Waals surface area (Å²) in [6.07, 6.45) is 2.54. The van der Waals surface area contributed by atoms with Crippen LogP contribution in [0.2, 0.25) is 0 Å². The van der Waals surface area contributed by atoms with Crippen LogP contribution in [0.5, 0.6) is 0 Å². The Morgan fingerprint density at radius 1 is 1.30 bits per heavy atom. The molecular weight excluding hydrogens is 455 g/mol. The van der Waals surface area contributed by atoms with Crippen molar-refractivity contribution < 1.29 is 9.53 Å². The van der Waals surface area contributed by atoms with Gasteiger partial charge in [-0.15, -0.1) is 24.0 Å². The van der Waals surface area contributed by atoms with Crippen LogP contribution in [0.3, 0.4) is 0 Å². The fourth-order valence-electron chi connectivity index (χ4n) is 4.22. The van der Waals surface area contributed by atoms with Gasteiger partial charge in [0.15, 0.2) is 5.96 Å². The number of ether oxygens (including phenoxy) is 1. The molecule has 2 aliphatic heterocycles. The molecule has 0 aliphatic carbocycles. The Kier molecular flexibility index (Phi) is 11.0. The summed E-state index contributed by atoms with van der Waals surface area (Å²) in [5.74, 6) is 2.44. The normalized spacial score (nSPS) is 26.8. The maximum Gasteiger partial charge on any atom is 0.310 e. The zero-order chi connectivity index (χ0) is 19.1. The van der Waals surface area contributed by atoms with E-state index in [1.54, 1.807) is 0 Å². The number of aliphatic imine (C=N–C) groups is 1. The fraction of sp³-hybridized carbons (Fsp3) is 0.900. The molecule has 2 heterocycles. The summed E-state index contributed by atoms with van der Waals surface area (Å²) >= 11 is 0. The molecule has 0 bridgehead atoms. The maximum atomic E-state index is 12.0. The molecule has 0 amide bonds. The predicted octanol–water partition coefficient (Wildman–Crippen LogP) is 2.68. The monoisotopic (exact) mass is 494 g/mol. The van der Waals surface area contributed by atoms with Crippen molar-refractivity contribution >= 4 is 35.9 Å². The molecule has 0 saturated carbocycles. The first-order chi connectivity index (χ1) is 12.4. The van der Waals surface area contributed by atoms with E-state index in [-0.39, 0.29) is 35.9 Å². The molecular formula is C20H39IN4O2. The van der Waals surface area contributed by atoms with Crippen molar-refractivity contribution in [3.63, 3.8) is 0 Å². The van der Waals surface area contributed by atoms with Crippen LogP contribution in [0.15, 0.2) is 4.99 Å². The van der Waals surface area contributed by atoms with Crippen LogP contribution < -0.4 is 5.32 Å². The lowest BCUT2D eigenvalue weighted by Crippen LogP contribution is -2.42. The summed E-state index contributed by atoms with van der Waals surface area (Å²) in [7, 11) is 1.48. The Morgan fingerprint density at radius 3 is 2.67 bits per heavy atom. The van der Waals surface area contributed by atoms with Crippen molar-refractivity contribution in [1.82, 2.24) is 15.1 Å². The Bertz CT molecular complexity index is 487. The van der Waals surface area contributed by atoms with E-state index in [0.717, 1.165) is 38.1 Å². The number of piperidine rings is 1. The van der Waals surface area contributed by atoms with Crippen molar-refractivity contribution in [2.75, 3.05) is 52.9 Å². The summed E-state index contributed by atoms with van der Waals surface area (Å²) < 4.78 is 4.96. The number of esters is 1. The van der Waals surface area contributed by atoms with E-state index >= 15 is 0 Å². The molecule has 2 fully saturated rings. The second-order valence-electron chi connectivity index (χ2n) is 8.37. The predicted molar refractivity (Wildman–Crippen MR) is 122 cm³/mol. The number of nitrogens with zero attached hydrogens (tertiary/aromatic N) is 3. The molecule has 0 aromatic rings. The average molecular weight is 494 g/mol. The lowest BCUT2D eigenvalue weighted by molar-refractivity contribution is -0.145. The van der Waals surface area contributed by atoms with Gasteiger partial charge < -0.3 is 19.9 Å². The molecule has 3 atom stereocenters. The first-order valence-corrected chi connectivity index (χ1v) is 10.3. The summed E-state index contributed by atoms with van der Waals surface area (Å²) in [4.78, 5) is 21.7.